The topological polar surface area (TPSA) is 80.7 Å². The fourth-order valence-corrected chi connectivity index (χ4v) is 2.79. The van der Waals surface area contributed by atoms with Crippen LogP contribution in [-0.2, 0) is 5.54 Å². The summed E-state index contributed by atoms with van der Waals surface area (Å²) in [6.07, 6.45) is 6.03. The van der Waals surface area contributed by atoms with Crippen molar-refractivity contribution in [2.75, 3.05) is 0 Å². The second-order valence-electron chi connectivity index (χ2n) is 5.36. The number of nitrogens with two attached hydrogens (primary N) is 1. The Hall–Kier alpha value is -1.62. The highest BCUT2D eigenvalue weighted by atomic mass is 16.5. The molecule has 0 radical (unpaired) electrons. The van der Waals surface area contributed by atoms with Gasteiger partial charge in [0, 0.05) is 6.20 Å². The first kappa shape index (κ1) is 11.5. The first-order chi connectivity index (χ1) is 8.67. The smallest absolute Gasteiger partial charge is 0.247 e. The van der Waals surface area contributed by atoms with E-state index < -0.39 is 5.54 Å². The molecule has 2 heterocycles. The van der Waals surface area contributed by atoms with E-state index in [1.54, 1.807) is 0 Å². The molecule has 2 atom stereocenters. The summed E-state index contributed by atoms with van der Waals surface area (Å²) in [6, 6.07) is 3.83. The van der Waals surface area contributed by atoms with Gasteiger partial charge in [0.15, 0.2) is 0 Å². The monoisotopic (exact) mass is 246 g/mol. The summed E-state index contributed by atoms with van der Waals surface area (Å²) in [4.78, 5) is 7.51. The van der Waals surface area contributed by atoms with Crippen LogP contribution >= 0.6 is 0 Å². The Kier molecular flexibility index (Phi) is 2.70. The number of H-pyrrole nitrogens is 1. The predicted octanol–water partition coefficient (Wildman–Crippen LogP) is 2.43. The molecule has 0 spiro atoms. The Morgan fingerprint density at radius 3 is 3.17 bits per heavy atom. The lowest BCUT2D eigenvalue weighted by Gasteiger charge is -2.33. The first-order valence-corrected chi connectivity index (χ1v) is 6.44. The highest BCUT2D eigenvalue weighted by Crippen LogP contribution is 2.37. The zero-order valence-electron chi connectivity index (χ0n) is 10.5. The summed E-state index contributed by atoms with van der Waals surface area (Å²) in [5.41, 5.74) is 6.84. The third-order valence-corrected chi connectivity index (χ3v) is 3.72. The van der Waals surface area contributed by atoms with Crippen molar-refractivity contribution in [3.05, 3.63) is 24.2 Å². The Labute approximate surface area is 106 Å². The molecule has 5 nitrogen and oxygen atoms in total. The lowest BCUT2D eigenvalue weighted by Crippen LogP contribution is -2.41. The van der Waals surface area contributed by atoms with Crippen molar-refractivity contribution in [3.63, 3.8) is 0 Å². The van der Waals surface area contributed by atoms with Gasteiger partial charge in [0.2, 0.25) is 11.7 Å². The van der Waals surface area contributed by atoms with Crippen LogP contribution in [0.3, 0.4) is 0 Å². The van der Waals surface area contributed by atoms with Crippen molar-refractivity contribution in [1.29, 1.82) is 0 Å². The minimum Gasteiger partial charge on any atom is -0.359 e. The molecular formula is C13H18N4O. The van der Waals surface area contributed by atoms with Gasteiger partial charge in [-0.05, 0) is 30.9 Å². The molecule has 0 aliphatic heterocycles. The van der Waals surface area contributed by atoms with Gasteiger partial charge < -0.3 is 15.2 Å². The molecule has 5 heteroatoms. The maximum absolute atomic E-state index is 6.43. The molecule has 3 rings (SSSR count). The predicted molar refractivity (Wildman–Crippen MR) is 67.6 cm³/mol. The van der Waals surface area contributed by atoms with E-state index in [0.29, 0.717) is 17.6 Å². The molecule has 0 aromatic carbocycles. The second-order valence-corrected chi connectivity index (χ2v) is 5.36. The molecule has 3 N–H and O–H groups in total. The minimum atomic E-state index is -0.449. The van der Waals surface area contributed by atoms with E-state index in [1.807, 2.05) is 18.3 Å². The van der Waals surface area contributed by atoms with Crippen molar-refractivity contribution >= 4 is 0 Å². The van der Waals surface area contributed by atoms with Crippen LogP contribution in [0.2, 0.25) is 0 Å². The van der Waals surface area contributed by atoms with Crippen LogP contribution < -0.4 is 5.73 Å². The first-order valence-electron chi connectivity index (χ1n) is 6.44. The number of aromatic amines is 1. The van der Waals surface area contributed by atoms with Crippen LogP contribution in [0.5, 0.6) is 0 Å². The average molecular weight is 246 g/mol. The van der Waals surface area contributed by atoms with Crippen molar-refractivity contribution in [2.24, 2.45) is 11.7 Å². The lowest BCUT2D eigenvalue weighted by atomic mass is 9.77. The van der Waals surface area contributed by atoms with Crippen molar-refractivity contribution in [2.45, 2.75) is 38.1 Å². The molecule has 1 fully saturated rings. The summed E-state index contributed by atoms with van der Waals surface area (Å²) in [7, 11) is 0. The number of nitrogens with one attached hydrogen (secondary N) is 1. The van der Waals surface area contributed by atoms with E-state index >= 15 is 0 Å². The quantitative estimate of drug-likeness (QED) is 0.852. The third-order valence-electron chi connectivity index (χ3n) is 3.72. The van der Waals surface area contributed by atoms with Crippen LogP contribution in [0.25, 0.3) is 11.5 Å². The van der Waals surface area contributed by atoms with Gasteiger partial charge in [0.25, 0.3) is 0 Å². The number of aromatic nitrogens is 3. The van der Waals surface area contributed by atoms with Gasteiger partial charge >= 0.3 is 0 Å². The van der Waals surface area contributed by atoms with Crippen LogP contribution in [0, 0.1) is 5.92 Å². The van der Waals surface area contributed by atoms with Gasteiger partial charge in [-0.3, -0.25) is 0 Å². The molecule has 0 amide bonds. The molecule has 96 valence electrons. The molecule has 18 heavy (non-hydrogen) atoms. The third kappa shape index (κ3) is 1.95. The van der Waals surface area contributed by atoms with Gasteiger partial charge in [-0.25, -0.2) is 0 Å². The summed E-state index contributed by atoms with van der Waals surface area (Å²) >= 11 is 0. The van der Waals surface area contributed by atoms with Gasteiger partial charge in [0.05, 0.1) is 11.2 Å². The van der Waals surface area contributed by atoms with Gasteiger partial charge in [-0.2, -0.15) is 4.98 Å². The van der Waals surface area contributed by atoms with Crippen molar-refractivity contribution in [1.82, 2.24) is 15.1 Å². The molecule has 2 unspecified atom stereocenters. The zero-order chi connectivity index (χ0) is 12.6. The van der Waals surface area contributed by atoms with Crippen LogP contribution in [0.4, 0.5) is 0 Å². The molecule has 1 saturated carbocycles. The molecule has 1 aliphatic carbocycles. The maximum atomic E-state index is 6.43. The molecular weight excluding hydrogens is 228 g/mol. The number of hydrogen-bond donors (Lipinski definition) is 2. The van der Waals surface area contributed by atoms with Crippen LogP contribution in [0.15, 0.2) is 22.9 Å². The van der Waals surface area contributed by atoms with E-state index in [9.17, 15) is 0 Å². The summed E-state index contributed by atoms with van der Waals surface area (Å²) in [5, 5.41) is 4.01. The standard InChI is InChI=1S/C13H18N4O/c1-9-4-2-6-13(14,8-9)12-16-11(17-18-12)10-5-3-7-15-10/h3,5,7,9,15H,2,4,6,8,14H2,1H3. The Morgan fingerprint density at radius 1 is 1.56 bits per heavy atom. The molecule has 2 aromatic heterocycles. The molecule has 1 aliphatic rings. The number of hydrogen-bond acceptors (Lipinski definition) is 4. The largest absolute Gasteiger partial charge is 0.359 e. The molecule has 0 bridgehead atoms. The Bertz CT molecular complexity index is 519. The van der Waals surface area contributed by atoms with E-state index in [0.717, 1.165) is 25.0 Å². The fourth-order valence-electron chi connectivity index (χ4n) is 2.79. The van der Waals surface area contributed by atoms with Crippen molar-refractivity contribution in [3.8, 4) is 11.5 Å². The summed E-state index contributed by atoms with van der Waals surface area (Å²) in [6.45, 7) is 2.23. The Balaban J connectivity index is 1.88. The SMILES string of the molecule is CC1CCCC(N)(c2nc(-c3ccc[nH]3)no2)C1. The fraction of sp³-hybridized carbons (Fsp3) is 0.538. The zero-order valence-corrected chi connectivity index (χ0v) is 10.5. The second kappa shape index (κ2) is 4.24. The van der Waals surface area contributed by atoms with Crippen molar-refractivity contribution < 1.29 is 4.52 Å². The van der Waals surface area contributed by atoms with Gasteiger partial charge in [-0.15, -0.1) is 0 Å². The highest BCUT2D eigenvalue weighted by Gasteiger charge is 2.37. The average Bonchev–Trinajstić information content (AvgIpc) is 3.00. The normalized spacial score (nSPS) is 28.4. The van der Waals surface area contributed by atoms with Gasteiger partial charge in [-0.1, -0.05) is 24.9 Å². The van der Waals surface area contributed by atoms with E-state index in [2.05, 4.69) is 22.0 Å². The maximum Gasteiger partial charge on any atom is 0.247 e. The molecule has 0 saturated heterocycles. The van der Waals surface area contributed by atoms with Crippen LogP contribution in [0.1, 0.15) is 38.5 Å². The number of nitrogens with zero attached hydrogens (tertiary/aromatic N) is 2. The van der Waals surface area contributed by atoms with Gasteiger partial charge in [0.1, 0.15) is 0 Å². The van der Waals surface area contributed by atoms with E-state index in [-0.39, 0.29) is 0 Å². The Morgan fingerprint density at radius 2 is 2.44 bits per heavy atom. The lowest BCUT2D eigenvalue weighted by molar-refractivity contribution is 0.183. The minimum absolute atomic E-state index is 0.449. The van der Waals surface area contributed by atoms with Crippen LogP contribution in [-0.4, -0.2) is 15.1 Å². The summed E-state index contributed by atoms with van der Waals surface area (Å²) in [5.74, 6) is 1.77. The highest BCUT2D eigenvalue weighted by molar-refractivity contribution is 5.48. The van der Waals surface area contributed by atoms with E-state index in [4.69, 9.17) is 10.3 Å². The van der Waals surface area contributed by atoms with E-state index in [1.165, 1.54) is 6.42 Å². The number of rotatable bonds is 2. The molecule has 2 aromatic rings. The summed E-state index contributed by atoms with van der Waals surface area (Å²) < 4.78 is 5.37.